The lowest BCUT2D eigenvalue weighted by atomic mass is 9.83. The van der Waals surface area contributed by atoms with Crippen LogP contribution in [-0.4, -0.2) is 10.2 Å². The van der Waals surface area contributed by atoms with Gasteiger partial charge in [0.05, 0.1) is 0 Å². The van der Waals surface area contributed by atoms with Crippen LogP contribution in [0.25, 0.3) is 0 Å². The number of H-pyrrole nitrogens is 2. The predicted molar refractivity (Wildman–Crippen MR) is 62.5 cm³/mol. The van der Waals surface area contributed by atoms with Gasteiger partial charge >= 0.3 is 0 Å². The van der Waals surface area contributed by atoms with Crippen molar-refractivity contribution in [3.8, 4) is 0 Å². The molecule has 0 fully saturated rings. The zero-order valence-electron chi connectivity index (χ0n) is 9.90. The van der Waals surface area contributed by atoms with E-state index in [1.54, 1.807) is 0 Å². The molecule has 1 aromatic carbocycles. The van der Waals surface area contributed by atoms with Gasteiger partial charge in [-0.2, -0.15) is 0 Å². The van der Waals surface area contributed by atoms with Gasteiger partial charge in [-0.1, -0.05) is 0 Å². The van der Waals surface area contributed by atoms with Gasteiger partial charge in [0.25, 0.3) is 5.56 Å². The van der Waals surface area contributed by atoms with Gasteiger partial charge in [-0.05, 0) is 36.8 Å². The summed E-state index contributed by atoms with van der Waals surface area (Å²) in [6.07, 6.45) is 1.33. The SMILES string of the molecule is O=c1[nH][nH]c2c1CCC(c1cc(F)cc(F)c1F)C2. The van der Waals surface area contributed by atoms with Gasteiger partial charge in [0.2, 0.25) is 0 Å². The van der Waals surface area contributed by atoms with E-state index in [0.717, 1.165) is 6.07 Å². The summed E-state index contributed by atoms with van der Waals surface area (Å²) in [5, 5.41) is 5.19. The second-order valence-electron chi connectivity index (χ2n) is 4.77. The minimum Gasteiger partial charge on any atom is -0.302 e. The third-order valence-electron chi connectivity index (χ3n) is 3.62. The molecule has 100 valence electrons. The van der Waals surface area contributed by atoms with Crippen LogP contribution in [0.5, 0.6) is 0 Å². The molecule has 1 heterocycles. The molecule has 1 aliphatic rings. The first kappa shape index (κ1) is 12.1. The maximum atomic E-state index is 13.7. The van der Waals surface area contributed by atoms with Crippen LogP contribution < -0.4 is 5.56 Å². The molecule has 2 N–H and O–H groups in total. The summed E-state index contributed by atoms with van der Waals surface area (Å²) in [4.78, 5) is 11.4. The zero-order chi connectivity index (χ0) is 13.6. The Morgan fingerprint density at radius 1 is 1.16 bits per heavy atom. The summed E-state index contributed by atoms with van der Waals surface area (Å²) in [6.45, 7) is 0. The van der Waals surface area contributed by atoms with Gasteiger partial charge in [0, 0.05) is 17.3 Å². The first-order valence-corrected chi connectivity index (χ1v) is 5.99. The number of hydrogen-bond acceptors (Lipinski definition) is 1. The molecule has 1 aromatic heterocycles. The van der Waals surface area contributed by atoms with E-state index in [2.05, 4.69) is 10.2 Å². The average Bonchev–Trinajstić information content (AvgIpc) is 2.75. The average molecular weight is 268 g/mol. The van der Waals surface area contributed by atoms with Gasteiger partial charge in [-0.25, -0.2) is 13.2 Å². The molecule has 0 radical (unpaired) electrons. The van der Waals surface area contributed by atoms with Crippen LogP contribution >= 0.6 is 0 Å². The minimum absolute atomic E-state index is 0.0326. The van der Waals surface area contributed by atoms with Crippen molar-refractivity contribution in [3.63, 3.8) is 0 Å². The summed E-state index contributed by atoms with van der Waals surface area (Å²) in [5.41, 5.74) is 1.18. The Morgan fingerprint density at radius 3 is 2.74 bits per heavy atom. The van der Waals surface area contributed by atoms with E-state index in [0.29, 0.717) is 36.6 Å². The molecule has 0 saturated carbocycles. The smallest absolute Gasteiger partial charge is 0.267 e. The second kappa shape index (κ2) is 4.29. The van der Waals surface area contributed by atoms with E-state index in [9.17, 15) is 18.0 Å². The molecule has 1 aliphatic carbocycles. The molecule has 0 amide bonds. The number of aromatic nitrogens is 2. The fraction of sp³-hybridized carbons (Fsp3) is 0.308. The van der Waals surface area contributed by atoms with Crippen LogP contribution in [-0.2, 0) is 12.8 Å². The predicted octanol–water partition coefficient (Wildman–Crippen LogP) is 2.39. The summed E-state index contributed by atoms with van der Waals surface area (Å²) in [6, 6.07) is 1.56. The lowest BCUT2D eigenvalue weighted by Gasteiger charge is -2.22. The first-order chi connectivity index (χ1) is 9.06. The summed E-state index contributed by atoms with van der Waals surface area (Å²) in [7, 11) is 0. The molecule has 1 atom stereocenters. The number of aromatic amines is 2. The summed E-state index contributed by atoms with van der Waals surface area (Å²) >= 11 is 0. The lowest BCUT2D eigenvalue weighted by Crippen LogP contribution is -2.18. The van der Waals surface area contributed by atoms with E-state index < -0.39 is 17.5 Å². The summed E-state index contributed by atoms with van der Waals surface area (Å²) < 4.78 is 40.1. The van der Waals surface area contributed by atoms with Crippen LogP contribution in [0.4, 0.5) is 13.2 Å². The van der Waals surface area contributed by atoms with Crippen molar-refractivity contribution < 1.29 is 13.2 Å². The highest BCUT2D eigenvalue weighted by atomic mass is 19.2. The van der Waals surface area contributed by atoms with E-state index in [4.69, 9.17) is 0 Å². The maximum absolute atomic E-state index is 13.7. The van der Waals surface area contributed by atoms with Crippen LogP contribution in [0.15, 0.2) is 16.9 Å². The molecular formula is C13H11F3N2O. The number of nitrogens with one attached hydrogen (secondary N) is 2. The van der Waals surface area contributed by atoms with Crippen molar-refractivity contribution in [1.29, 1.82) is 0 Å². The molecular weight excluding hydrogens is 257 g/mol. The normalized spacial score (nSPS) is 18.4. The molecule has 0 spiro atoms. The molecule has 19 heavy (non-hydrogen) atoms. The fourth-order valence-corrected chi connectivity index (χ4v) is 2.66. The second-order valence-corrected chi connectivity index (χ2v) is 4.77. The third kappa shape index (κ3) is 1.97. The van der Waals surface area contributed by atoms with Crippen LogP contribution in [0.3, 0.4) is 0 Å². The number of halogens is 3. The molecule has 3 rings (SSSR count). The highest BCUT2D eigenvalue weighted by Gasteiger charge is 2.27. The number of hydrogen-bond donors (Lipinski definition) is 2. The van der Waals surface area contributed by atoms with Crippen molar-refractivity contribution in [1.82, 2.24) is 10.2 Å². The molecule has 3 nitrogen and oxygen atoms in total. The molecule has 0 aliphatic heterocycles. The Bertz CT molecular complexity index is 690. The number of rotatable bonds is 1. The quantitative estimate of drug-likeness (QED) is 0.766. The van der Waals surface area contributed by atoms with Gasteiger partial charge < -0.3 is 5.10 Å². The van der Waals surface area contributed by atoms with Crippen molar-refractivity contribution >= 4 is 0 Å². The standard InChI is InChI=1S/C13H11F3N2O/c14-7-4-9(12(16)10(15)5-7)6-1-2-8-11(3-6)17-18-13(8)19/h4-6H,1-3H2,(H2,17,18,19). The Balaban J connectivity index is 1.99. The van der Waals surface area contributed by atoms with E-state index >= 15 is 0 Å². The maximum Gasteiger partial charge on any atom is 0.267 e. The lowest BCUT2D eigenvalue weighted by molar-refractivity contribution is 0.461. The highest BCUT2D eigenvalue weighted by molar-refractivity contribution is 5.30. The Hall–Kier alpha value is -1.98. The summed E-state index contributed by atoms with van der Waals surface area (Å²) in [5.74, 6) is -3.30. The molecule has 6 heteroatoms. The number of benzene rings is 1. The van der Waals surface area contributed by atoms with E-state index in [-0.39, 0.29) is 17.0 Å². The van der Waals surface area contributed by atoms with Crippen molar-refractivity contribution in [2.75, 3.05) is 0 Å². The van der Waals surface area contributed by atoms with E-state index in [1.165, 1.54) is 0 Å². The van der Waals surface area contributed by atoms with Gasteiger partial charge in [0.1, 0.15) is 5.82 Å². The van der Waals surface area contributed by atoms with Gasteiger partial charge in [-0.3, -0.25) is 9.89 Å². The largest absolute Gasteiger partial charge is 0.302 e. The van der Waals surface area contributed by atoms with Crippen LogP contribution in [0, 0.1) is 17.5 Å². The van der Waals surface area contributed by atoms with Crippen LogP contribution in [0.2, 0.25) is 0 Å². The highest BCUT2D eigenvalue weighted by Crippen LogP contribution is 2.33. The Labute approximate surface area is 106 Å². The third-order valence-corrected chi connectivity index (χ3v) is 3.62. The minimum atomic E-state index is -1.18. The molecule has 1 unspecified atom stereocenters. The van der Waals surface area contributed by atoms with Gasteiger partial charge in [0.15, 0.2) is 11.6 Å². The zero-order valence-corrected chi connectivity index (χ0v) is 9.90. The van der Waals surface area contributed by atoms with Crippen molar-refractivity contribution in [2.45, 2.75) is 25.2 Å². The Morgan fingerprint density at radius 2 is 1.95 bits per heavy atom. The van der Waals surface area contributed by atoms with Gasteiger partial charge in [-0.15, -0.1) is 0 Å². The molecule has 0 bridgehead atoms. The molecule has 0 saturated heterocycles. The monoisotopic (exact) mass is 268 g/mol. The molecule has 2 aromatic rings. The van der Waals surface area contributed by atoms with Crippen LogP contribution in [0.1, 0.15) is 29.2 Å². The topological polar surface area (TPSA) is 48.6 Å². The van der Waals surface area contributed by atoms with E-state index in [1.807, 2.05) is 0 Å². The Kier molecular flexibility index (Phi) is 2.73. The fourth-order valence-electron chi connectivity index (χ4n) is 2.66. The van der Waals surface area contributed by atoms with Crippen molar-refractivity contribution in [3.05, 3.63) is 56.8 Å². The number of fused-ring (bicyclic) bond motifs is 1. The van der Waals surface area contributed by atoms with Crippen molar-refractivity contribution in [2.24, 2.45) is 0 Å². The first-order valence-electron chi connectivity index (χ1n) is 5.99.